The summed E-state index contributed by atoms with van der Waals surface area (Å²) in [6.07, 6.45) is 13.0. The third-order valence-electron chi connectivity index (χ3n) is 7.71. The monoisotopic (exact) mass is 396 g/mol. The molecule has 0 aromatic rings. The van der Waals surface area contributed by atoms with Gasteiger partial charge in [-0.15, -0.1) is 0 Å². The van der Waals surface area contributed by atoms with Crippen LogP contribution in [0.15, 0.2) is 0 Å². The van der Waals surface area contributed by atoms with Crippen LogP contribution in [0, 0.1) is 17.8 Å². The first kappa shape index (κ1) is 22.5. The second kappa shape index (κ2) is 10.7. The number of hydrogen-bond donors (Lipinski definition) is 0. The van der Waals surface area contributed by atoms with E-state index in [0.29, 0.717) is 0 Å². The molecule has 9 atom stereocenters. The van der Waals surface area contributed by atoms with Gasteiger partial charge in [0.2, 0.25) is 0 Å². The average molecular weight is 397 g/mol. The number of rotatable bonds is 7. The highest BCUT2D eigenvalue weighted by molar-refractivity contribution is 4.89. The minimum atomic E-state index is 0.198. The lowest BCUT2D eigenvalue weighted by molar-refractivity contribution is -0.198. The molecule has 4 nitrogen and oxygen atoms in total. The summed E-state index contributed by atoms with van der Waals surface area (Å²) in [5.41, 5.74) is 0. The molecular weight excluding hydrogens is 352 g/mol. The fourth-order valence-electron chi connectivity index (χ4n) is 5.72. The van der Waals surface area contributed by atoms with Crippen molar-refractivity contribution in [3.63, 3.8) is 0 Å². The van der Waals surface area contributed by atoms with E-state index in [2.05, 4.69) is 20.8 Å². The quantitative estimate of drug-likeness (QED) is 0.579. The molecule has 0 aliphatic heterocycles. The second-order valence-corrected chi connectivity index (χ2v) is 9.90. The van der Waals surface area contributed by atoms with Crippen molar-refractivity contribution in [3.05, 3.63) is 0 Å². The van der Waals surface area contributed by atoms with Crippen LogP contribution in [0.3, 0.4) is 0 Å². The van der Waals surface area contributed by atoms with Gasteiger partial charge in [0.1, 0.15) is 0 Å². The lowest BCUT2D eigenvalue weighted by Crippen LogP contribution is -2.48. The highest BCUT2D eigenvalue weighted by atomic mass is 16.6. The maximum absolute atomic E-state index is 6.79. The Balaban J connectivity index is 1.66. The van der Waals surface area contributed by atoms with Crippen LogP contribution in [0.4, 0.5) is 0 Å². The van der Waals surface area contributed by atoms with Crippen molar-refractivity contribution in [2.24, 2.45) is 17.8 Å². The first-order valence-corrected chi connectivity index (χ1v) is 11.9. The van der Waals surface area contributed by atoms with Gasteiger partial charge in [-0.3, -0.25) is 0 Å². The zero-order valence-electron chi connectivity index (χ0n) is 18.9. The third-order valence-corrected chi connectivity index (χ3v) is 7.71. The van der Waals surface area contributed by atoms with Crippen LogP contribution < -0.4 is 0 Å². The predicted molar refractivity (Wildman–Crippen MR) is 113 cm³/mol. The molecule has 4 heteroatoms. The van der Waals surface area contributed by atoms with Gasteiger partial charge in [-0.1, -0.05) is 27.2 Å². The lowest BCUT2D eigenvalue weighted by Gasteiger charge is -2.44. The van der Waals surface area contributed by atoms with Crippen molar-refractivity contribution in [1.29, 1.82) is 0 Å². The highest BCUT2D eigenvalue weighted by Crippen LogP contribution is 2.37. The zero-order valence-corrected chi connectivity index (χ0v) is 18.9. The SMILES string of the molecule is CCC1CCC(OC2CCC(C)CC2OC)C(OC2CC(C)CCC2OC)C1. The van der Waals surface area contributed by atoms with Gasteiger partial charge >= 0.3 is 0 Å². The normalized spacial score (nSPS) is 45.1. The fraction of sp³-hybridized carbons (Fsp3) is 1.00. The Labute approximate surface area is 173 Å². The van der Waals surface area contributed by atoms with Crippen LogP contribution >= 0.6 is 0 Å². The molecule has 0 saturated heterocycles. The van der Waals surface area contributed by atoms with Gasteiger partial charge < -0.3 is 18.9 Å². The van der Waals surface area contributed by atoms with Crippen LogP contribution in [-0.4, -0.2) is 50.8 Å². The first-order chi connectivity index (χ1) is 13.5. The van der Waals surface area contributed by atoms with Crippen molar-refractivity contribution in [1.82, 2.24) is 0 Å². The summed E-state index contributed by atoms with van der Waals surface area (Å²) in [5, 5.41) is 0. The summed E-state index contributed by atoms with van der Waals surface area (Å²) in [5.74, 6) is 2.22. The molecule has 3 saturated carbocycles. The summed E-state index contributed by atoms with van der Waals surface area (Å²) in [6, 6.07) is 0. The average Bonchev–Trinajstić information content (AvgIpc) is 2.70. The molecule has 0 spiro atoms. The molecule has 0 radical (unpaired) electrons. The molecule has 3 fully saturated rings. The van der Waals surface area contributed by atoms with E-state index < -0.39 is 0 Å². The molecule has 3 aliphatic rings. The summed E-state index contributed by atoms with van der Waals surface area (Å²) in [6.45, 7) is 6.99. The number of methoxy groups -OCH3 is 2. The zero-order chi connectivity index (χ0) is 20.1. The van der Waals surface area contributed by atoms with Crippen molar-refractivity contribution < 1.29 is 18.9 Å². The van der Waals surface area contributed by atoms with E-state index in [1.54, 1.807) is 0 Å². The minimum Gasteiger partial charge on any atom is -0.379 e. The largest absolute Gasteiger partial charge is 0.379 e. The first-order valence-electron chi connectivity index (χ1n) is 11.9. The summed E-state index contributed by atoms with van der Waals surface area (Å²) < 4.78 is 25.1. The van der Waals surface area contributed by atoms with Gasteiger partial charge in [-0.2, -0.15) is 0 Å². The molecule has 9 unspecified atom stereocenters. The van der Waals surface area contributed by atoms with E-state index in [9.17, 15) is 0 Å². The van der Waals surface area contributed by atoms with E-state index in [1.807, 2.05) is 14.2 Å². The van der Waals surface area contributed by atoms with Crippen LogP contribution in [0.2, 0.25) is 0 Å². The van der Waals surface area contributed by atoms with E-state index >= 15 is 0 Å². The molecule has 3 rings (SSSR count). The van der Waals surface area contributed by atoms with Gasteiger partial charge in [0.25, 0.3) is 0 Å². The smallest absolute Gasteiger partial charge is 0.0844 e. The Kier molecular flexibility index (Phi) is 8.64. The van der Waals surface area contributed by atoms with Crippen LogP contribution in [0.25, 0.3) is 0 Å². The highest BCUT2D eigenvalue weighted by Gasteiger charge is 2.40. The Morgan fingerprint density at radius 1 is 0.571 bits per heavy atom. The summed E-state index contributed by atoms with van der Waals surface area (Å²) >= 11 is 0. The Hall–Kier alpha value is -0.160. The van der Waals surface area contributed by atoms with Crippen molar-refractivity contribution >= 4 is 0 Å². The van der Waals surface area contributed by atoms with Gasteiger partial charge in [0.15, 0.2) is 0 Å². The van der Waals surface area contributed by atoms with Gasteiger partial charge in [0.05, 0.1) is 36.6 Å². The number of ether oxygens (including phenoxy) is 4. The van der Waals surface area contributed by atoms with Crippen molar-refractivity contribution in [2.45, 2.75) is 122 Å². The molecule has 0 bridgehead atoms. The Bertz CT molecular complexity index is 456. The Morgan fingerprint density at radius 3 is 1.71 bits per heavy atom. The minimum absolute atomic E-state index is 0.198. The van der Waals surface area contributed by atoms with Crippen molar-refractivity contribution in [2.75, 3.05) is 14.2 Å². The molecule has 164 valence electrons. The molecule has 0 amide bonds. The molecule has 3 aliphatic carbocycles. The fourth-order valence-corrected chi connectivity index (χ4v) is 5.72. The molecule has 0 aromatic carbocycles. The molecule has 0 N–H and O–H groups in total. The predicted octanol–water partition coefficient (Wildman–Crippen LogP) is 5.37. The van der Waals surface area contributed by atoms with Gasteiger partial charge in [0, 0.05) is 14.2 Å². The van der Waals surface area contributed by atoms with Crippen LogP contribution in [0.5, 0.6) is 0 Å². The maximum Gasteiger partial charge on any atom is 0.0844 e. The van der Waals surface area contributed by atoms with Gasteiger partial charge in [-0.25, -0.2) is 0 Å². The second-order valence-electron chi connectivity index (χ2n) is 9.90. The summed E-state index contributed by atoms with van der Waals surface area (Å²) in [7, 11) is 3.68. The molecule has 0 heterocycles. The third kappa shape index (κ3) is 5.71. The van der Waals surface area contributed by atoms with Gasteiger partial charge in [-0.05, 0) is 75.5 Å². The van der Waals surface area contributed by atoms with E-state index in [4.69, 9.17) is 18.9 Å². The molecule has 0 aromatic heterocycles. The molecular formula is C24H44O4. The van der Waals surface area contributed by atoms with Crippen LogP contribution in [-0.2, 0) is 18.9 Å². The van der Waals surface area contributed by atoms with E-state index in [-0.39, 0.29) is 36.6 Å². The Morgan fingerprint density at radius 2 is 1.07 bits per heavy atom. The number of hydrogen-bond acceptors (Lipinski definition) is 4. The van der Waals surface area contributed by atoms with Crippen LogP contribution in [0.1, 0.15) is 85.0 Å². The molecule has 28 heavy (non-hydrogen) atoms. The standard InChI is InChI=1S/C24H44O4/c1-6-18-9-12-21(27-20-11-8-16(2)13-22(20)26-5)24(15-18)28-23-14-17(3)7-10-19(23)25-4/h16-24H,6-15H2,1-5H3. The van der Waals surface area contributed by atoms with E-state index in [1.165, 1.54) is 25.7 Å². The maximum atomic E-state index is 6.79. The lowest BCUT2D eigenvalue weighted by atomic mass is 9.81. The van der Waals surface area contributed by atoms with Crippen molar-refractivity contribution in [3.8, 4) is 0 Å². The van der Waals surface area contributed by atoms with E-state index in [0.717, 1.165) is 56.3 Å². The topological polar surface area (TPSA) is 36.9 Å². The summed E-state index contributed by atoms with van der Waals surface area (Å²) in [4.78, 5) is 0.